The fourth-order valence-electron chi connectivity index (χ4n) is 2.43. The van der Waals surface area contributed by atoms with Crippen LogP contribution in [0.4, 0.5) is 0 Å². The predicted octanol–water partition coefficient (Wildman–Crippen LogP) is 3.52. The van der Waals surface area contributed by atoms with Crippen LogP contribution >= 0.6 is 0 Å². The Labute approximate surface area is 125 Å². The van der Waals surface area contributed by atoms with Crippen molar-refractivity contribution in [3.63, 3.8) is 0 Å². The predicted molar refractivity (Wildman–Crippen MR) is 82.7 cm³/mol. The van der Waals surface area contributed by atoms with Crippen molar-refractivity contribution < 1.29 is 14.9 Å². The fraction of sp³-hybridized carbons (Fsp3) is 0.294. The second-order valence-corrected chi connectivity index (χ2v) is 5.09. The van der Waals surface area contributed by atoms with E-state index in [1.165, 1.54) is 0 Å². The Bertz CT molecular complexity index is 575. The van der Waals surface area contributed by atoms with Crippen LogP contribution in [0.3, 0.4) is 0 Å². The van der Waals surface area contributed by atoms with Crippen LogP contribution < -0.4 is 10.1 Å². The van der Waals surface area contributed by atoms with Crippen LogP contribution in [-0.2, 0) is 0 Å². The maximum atomic E-state index is 9.90. The van der Waals surface area contributed by atoms with Gasteiger partial charge in [0.05, 0.1) is 12.7 Å². The lowest BCUT2D eigenvalue weighted by Crippen LogP contribution is -2.22. The molecule has 4 nitrogen and oxygen atoms in total. The maximum Gasteiger partial charge on any atom is 0.124 e. The Morgan fingerprint density at radius 3 is 2.00 bits per heavy atom. The summed E-state index contributed by atoms with van der Waals surface area (Å²) in [5, 5.41) is 23.2. The molecule has 0 aliphatic rings. The average Bonchev–Trinajstić information content (AvgIpc) is 2.47. The van der Waals surface area contributed by atoms with Gasteiger partial charge in [-0.3, -0.25) is 0 Å². The van der Waals surface area contributed by atoms with Crippen LogP contribution in [-0.4, -0.2) is 17.3 Å². The Hall–Kier alpha value is -2.20. The number of ether oxygens (including phenoxy) is 1. The summed E-state index contributed by atoms with van der Waals surface area (Å²) in [6.07, 6.45) is 0. The molecule has 0 amide bonds. The molecular weight excluding hydrogens is 266 g/mol. The van der Waals surface area contributed by atoms with Crippen molar-refractivity contribution in [2.24, 2.45) is 0 Å². The zero-order chi connectivity index (χ0) is 15.4. The molecule has 2 aromatic rings. The van der Waals surface area contributed by atoms with Gasteiger partial charge in [-0.2, -0.15) is 0 Å². The highest BCUT2D eigenvalue weighted by molar-refractivity contribution is 5.45. The first-order valence-corrected chi connectivity index (χ1v) is 6.93. The Morgan fingerprint density at radius 2 is 1.48 bits per heavy atom. The number of methoxy groups -OCH3 is 1. The molecule has 0 aromatic heterocycles. The summed E-state index contributed by atoms with van der Waals surface area (Å²) >= 11 is 0. The van der Waals surface area contributed by atoms with Crippen molar-refractivity contribution in [1.82, 2.24) is 5.32 Å². The Balaban J connectivity index is 2.12. The normalized spacial score (nSPS) is 13.7. The smallest absolute Gasteiger partial charge is 0.124 e. The minimum absolute atomic E-state index is 0.0740. The maximum absolute atomic E-state index is 9.90. The molecule has 0 saturated carbocycles. The molecule has 112 valence electrons. The number of phenols is 2. The quantitative estimate of drug-likeness (QED) is 0.787. The first-order chi connectivity index (χ1) is 10.0. The molecular formula is C17H21NO3. The van der Waals surface area contributed by atoms with Crippen molar-refractivity contribution in [3.8, 4) is 17.2 Å². The van der Waals surface area contributed by atoms with Crippen LogP contribution in [0, 0.1) is 0 Å². The molecule has 0 spiro atoms. The molecule has 1 unspecified atom stereocenters. The number of rotatable bonds is 5. The number of benzene rings is 2. The highest BCUT2D eigenvalue weighted by Crippen LogP contribution is 2.33. The van der Waals surface area contributed by atoms with Crippen LogP contribution in [0.15, 0.2) is 42.5 Å². The van der Waals surface area contributed by atoms with Gasteiger partial charge in [-0.15, -0.1) is 0 Å². The van der Waals surface area contributed by atoms with Crippen LogP contribution in [0.1, 0.15) is 37.1 Å². The SMILES string of the molecule is COc1ccc([C@H](C)NC(C)c2c(O)cccc2O)cc1. The Kier molecular flexibility index (Phi) is 4.70. The third kappa shape index (κ3) is 3.47. The molecule has 21 heavy (non-hydrogen) atoms. The van der Waals surface area contributed by atoms with Crippen LogP contribution in [0.5, 0.6) is 17.2 Å². The molecule has 2 atom stereocenters. The third-order valence-corrected chi connectivity index (χ3v) is 3.61. The molecule has 0 aliphatic carbocycles. The first-order valence-electron chi connectivity index (χ1n) is 6.93. The lowest BCUT2D eigenvalue weighted by molar-refractivity contribution is 0.406. The molecule has 2 rings (SSSR count). The lowest BCUT2D eigenvalue weighted by atomic mass is 10.0. The van der Waals surface area contributed by atoms with Crippen LogP contribution in [0.25, 0.3) is 0 Å². The summed E-state index contributed by atoms with van der Waals surface area (Å²) < 4.78 is 5.14. The molecule has 0 heterocycles. The number of hydrogen-bond donors (Lipinski definition) is 3. The summed E-state index contributed by atoms with van der Waals surface area (Å²) in [5.41, 5.74) is 1.62. The van der Waals surface area contributed by atoms with E-state index in [2.05, 4.69) is 5.32 Å². The standard InChI is InChI=1S/C17H21NO3/c1-11(13-7-9-14(21-3)10-8-13)18-12(2)17-15(19)5-4-6-16(17)20/h4-12,18-20H,1-3H3/t11-,12?/m0/s1. The third-order valence-electron chi connectivity index (χ3n) is 3.61. The fourth-order valence-corrected chi connectivity index (χ4v) is 2.43. The second-order valence-electron chi connectivity index (χ2n) is 5.09. The topological polar surface area (TPSA) is 61.7 Å². The molecule has 0 bridgehead atoms. The van der Waals surface area contributed by atoms with Gasteiger partial charge in [-0.05, 0) is 43.7 Å². The lowest BCUT2D eigenvalue weighted by Gasteiger charge is -2.22. The van der Waals surface area contributed by atoms with Gasteiger partial charge in [-0.1, -0.05) is 18.2 Å². The van der Waals surface area contributed by atoms with E-state index in [9.17, 15) is 10.2 Å². The molecule has 2 aromatic carbocycles. The molecule has 0 aliphatic heterocycles. The highest BCUT2D eigenvalue weighted by Gasteiger charge is 2.17. The number of phenolic OH excluding ortho intramolecular Hbond substituents is 2. The van der Waals surface area contributed by atoms with Crippen molar-refractivity contribution in [1.29, 1.82) is 0 Å². The van der Waals surface area contributed by atoms with E-state index in [0.29, 0.717) is 5.56 Å². The van der Waals surface area contributed by atoms with Gasteiger partial charge in [-0.25, -0.2) is 0 Å². The van der Waals surface area contributed by atoms with Crippen molar-refractivity contribution in [2.45, 2.75) is 25.9 Å². The second kappa shape index (κ2) is 6.50. The van der Waals surface area contributed by atoms with E-state index in [1.807, 2.05) is 38.1 Å². The molecule has 4 heteroatoms. The minimum atomic E-state index is -0.177. The van der Waals surface area contributed by atoms with Crippen molar-refractivity contribution in [3.05, 3.63) is 53.6 Å². The summed E-state index contributed by atoms with van der Waals surface area (Å²) in [6.45, 7) is 3.95. The highest BCUT2D eigenvalue weighted by atomic mass is 16.5. The molecule has 0 fully saturated rings. The summed E-state index contributed by atoms with van der Waals surface area (Å²) in [5.74, 6) is 1.01. The zero-order valence-electron chi connectivity index (χ0n) is 12.5. The monoisotopic (exact) mass is 287 g/mol. The van der Waals surface area contributed by atoms with E-state index < -0.39 is 0 Å². The number of aromatic hydroxyl groups is 2. The van der Waals surface area contributed by atoms with Gasteiger partial charge in [0.15, 0.2) is 0 Å². The van der Waals surface area contributed by atoms with Crippen LogP contribution in [0.2, 0.25) is 0 Å². The molecule has 0 saturated heterocycles. The van der Waals surface area contributed by atoms with Crippen molar-refractivity contribution >= 4 is 0 Å². The summed E-state index contributed by atoms with van der Waals surface area (Å²) in [6, 6.07) is 12.5. The van der Waals surface area contributed by atoms with E-state index in [-0.39, 0.29) is 23.6 Å². The van der Waals surface area contributed by atoms with E-state index in [1.54, 1.807) is 25.3 Å². The molecule has 3 N–H and O–H groups in total. The van der Waals surface area contributed by atoms with E-state index in [0.717, 1.165) is 11.3 Å². The molecule has 0 radical (unpaired) electrons. The van der Waals surface area contributed by atoms with Crippen molar-refractivity contribution in [2.75, 3.05) is 7.11 Å². The summed E-state index contributed by atoms with van der Waals surface area (Å²) in [7, 11) is 1.64. The zero-order valence-corrected chi connectivity index (χ0v) is 12.5. The summed E-state index contributed by atoms with van der Waals surface area (Å²) in [4.78, 5) is 0. The van der Waals surface area contributed by atoms with Gasteiger partial charge in [0.2, 0.25) is 0 Å². The largest absolute Gasteiger partial charge is 0.507 e. The Morgan fingerprint density at radius 1 is 0.905 bits per heavy atom. The van der Waals surface area contributed by atoms with Gasteiger partial charge in [0, 0.05) is 12.1 Å². The van der Waals surface area contributed by atoms with E-state index in [4.69, 9.17) is 4.74 Å². The number of nitrogens with one attached hydrogen (secondary N) is 1. The van der Waals surface area contributed by atoms with Gasteiger partial charge in [0.25, 0.3) is 0 Å². The van der Waals surface area contributed by atoms with Gasteiger partial charge < -0.3 is 20.3 Å². The minimum Gasteiger partial charge on any atom is -0.507 e. The van der Waals surface area contributed by atoms with Gasteiger partial charge >= 0.3 is 0 Å². The number of hydrogen-bond acceptors (Lipinski definition) is 4. The first kappa shape index (κ1) is 15.2. The van der Waals surface area contributed by atoms with E-state index >= 15 is 0 Å². The average molecular weight is 287 g/mol. The van der Waals surface area contributed by atoms with Gasteiger partial charge in [0.1, 0.15) is 17.2 Å².